The average Bonchev–Trinajstić information content (AvgIpc) is 2.33. The van der Waals surface area contributed by atoms with Gasteiger partial charge in [0.25, 0.3) is 0 Å². The molecular formula is C13H21N3O2. The van der Waals surface area contributed by atoms with Gasteiger partial charge in [-0.05, 0) is 26.3 Å². The lowest BCUT2D eigenvalue weighted by Gasteiger charge is -2.43. The van der Waals surface area contributed by atoms with Crippen LogP contribution in [0.3, 0.4) is 0 Å². The molecule has 1 aliphatic carbocycles. The van der Waals surface area contributed by atoms with Crippen LogP contribution in [0.15, 0.2) is 12.3 Å². The molecule has 0 bridgehead atoms. The standard InChI is InChI=1S/C13H21N3O2/c1-4-18-12-7-11(13(12)17-3)15-8-10-5-6-14-9(2)16-10/h5-6,11-13,15H,4,7-8H2,1-3H3. The smallest absolute Gasteiger partial charge is 0.125 e. The molecule has 1 aromatic heterocycles. The zero-order valence-electron chi connectivity index (χ0n) is 11.2. The van der Waals surface area contributed by atoms with E-state index in [1.807, 2.05) is 19.9 Å². The molecule has 1 aliphatic rings. The number of methoxy groups -OCH3 is 1. The van der Waals surface area contributed by atoms with Gasteiger partial charge in [0, 0.05) is 32.5 Å². The van der Waals surface area contributed by atoms with E-state index in [1.165, 1.54) is 0 Å². The summed E-state index contributed by atoms with van der Waals surface area (Å²) >= 11 is 0. The van der Waals surface area contributed by atoms with Gasteiger partial charge < -0.3 is 14.8 Å². The van der Waals surface area contributed by atoms with E-state index in [0.29, 0.717) is 6.04 Å². The highest BCUT2D eigenvalue weighted by Crippen LogP contribution is 2.27. The summed E-state index contributed by atoms with van der Waals surface area (Å²) in [5, 5.41) is 3.46. The average molecular weight is 251 g/mol. The van der Waals surface area contributed by atoms with Gasteiger partial charge in [-0.25, -0.2) is 9.97 Å². The first-order valence-corrected chi connectivity index (χ1v) is 6.41. The SMILES string of the molecule is CCOC1CC(NCc2ccnc(C)n2)C1OC. The zero-order valence-corrected chi connectivity index (χ0v) is 11.2. The molecule has 1 saturated carbocycles. The maximum Gasteiger partial charge on any atom is 0.125 e. The van der Waals surface area contributed by atoms with Crippen molar-refractivity contribution in [3.05, 3.63) is 23.8 Å². The molecule has 0 saturated heterocycles. The van der Waals surface area contributed by atoms with Crippen LogP contribution in [0.25, 0.3) is 0 Å². The maximum atomic E-state index is 5.59. The monoisotopic (exact) mass is 251 g/mol. The predicted octanol–water partition coefficient (Wildman–Crippen LogP) is 1.07. The van der Waals surface area contributed by atoms with Crippen molar-refractivity contribution in [1.82, 2.24) is 15.3 Å². The van der Waals surface area contributed by atoms with Crippen LogP contribution < -0.4 is 5.32 Å². The Bertz CT molecular complexity index is 386. The minimum atomic E-state index is 0.146. The molecule has 0 aliphatic heterocycles. The number of hydrogen-bond acceptors (Lipinski definition) is 5. The molecule has 5 heteroatoms. The van der Waals surface area contributed by atoms with E-state index in [0.717, 1.165) is 31.1 Å². The summed E-state index contributed by atoms with van der Waals surface area (Å²) in [5.41, 5.74) is 1.01. The third kappa shape index (κ3) is 3.04. The normalized spacial score (nSPS) is 26.9. The molecular weight excluding hydrogens is 230 g/mol. The van der Waals surface area contributed by atoms with Gasteiger partial charge in [-0.15, -0.1) is 0 Å². The van der Waals surface area contributed by atoms with Crippen molar-refractivity contribution in [2.75, 3.05) is 13.7 Å². The molecule has 3 atom stereocenters. The van der Waals surface area contributed by atoms with Crippen LogP contribution in [0.5, 0.6) is 0 Å². The first-order valence-electron chi connectivity index (χ1n) is 6.41. The third-order valence-electron chi connectivity index (χ3n) is 3.28. The summed E-state index contributed by atoms with van der Waals surface area (Å²) in [5.74, 6) is 0.804. The Kier molecular flexibility index (Phi) is 4.63. The number of aryl methyl sites for hydroxylation is 1. The highest BCUT2D eigenvalue weighted by Gasteiger charge is 2.41. The highest BCUT2D eigenvalue weighted by atomic mass is 16.5. The van der Waals surface area contributed by atoms with Gasteiger partial charge in [0.2, 0.25) is 0 Å². The highest BCUT2D eigenvalue weighted by molar-refractivity contribution is 5.04. The second kappa shape index (κ2) is 6.22. The van der Waals surface area contributed by atoms with Crippen molar-refractivity contribution in [1.29, 1.82) is 0 Å². The number of aromatic nitrogens is 2. The molecule has 1 aromatic rings. The molecule has 2 rings (SSSR count). The van der Waals surface area contributed by atoms with Crippen LogP contribution in [0.1, 0.15) is 24.9 Å². The number of rotatable bonds is 6. The van der Waals surface area contributed by atoms with Crippen LogP contribution in [0, 0.1) is 6.92 Å². The van der Waals surface area contributed by atoms with E-state index in [4.69, 9.17) is 9.47 Å². The van der Waals surface area contributed by atoms with Gasteiger partial charge >= 0.3 is 0 Å². The van der Waals surface area contributed by atoms with Gasteiger partial charge in [0.05, 0.1) is 17.9 Å². The van der Waals surface area contributed by atoms with E-state index in [1.54, 1.807) is 13.3 Å². The Hall–Kier alpha value is -1.04. The fourth-order valence-corrected chi connectivity index (χ4v) is 2.31. The Balaban J connectivity index is 1.81. The van der Waals surface area contributed by atoms with E-state index < -0.39 is 0 Å². The molecule has 0 aromatic carbocycles. The Morgan fingerprint density at radius 2 is 2.33 bits per heavy atom. The zero-order chi connectivity index (χ0) is 13.0. The summed E-state index contributed by atoms with van der Waals surface area (Å²) in [4.78, 5) is 8.45. The van der Waals surface area contributed by atoms with Crippen LogP contribution in [-0.4, -0.2) is 41.9 Å². The third-order valence-corrected chi connectivity index (χ3v) is 3.28. The molecule has 1 N–H and O–H groups in total. The van der Waals surface area contributed by atoms with Gasteiger partial charge in [0.1, 0.15) is 5.82 Å². The number of nitrogens with zero attached hydrogens (tertiary/aromatic N) is 2. The molecule has 5 nitrogen and oxygen atoms in total. The Labute approximate surface area is 108 Å². The summed E-state index contributed by atoms with van der Waals surface area (Å²) in [6, 6.07) is 2.28. The van der Waals surface area contributed by atoms with Gasteiger partial charge in [0.15, 0.2) is 0 Å². The predicted molar refractivity (Wildman–Crippen MR) is 68.2 cm³/mol. The van der Waals surface area contributed by atoms with Crippen LogP contribution in [-0.2, 0) is 16.0 Å². The molecule has 0 radical (unpaired) electrons. The van der Waals surface area contributed by atoms with E-state index in [-0.39, 0.29) is 12.2 Å². The number of ether oxygens (including phenoxy) is 2. The van der Waals surface area contributed by atoms with Crippen molar-refractivity contribution in [2.45, 2.75) is 45.1 Å². The molecule has 1 heterocycles. The summed E-state index contributed by atoms with van der Waals surface area (Å²) in [7, 11) is 1.74. The lowest BCUT2D eigenvalue weighted by atomic mass is 9.85. The Morgan fingerprint density at radius 3 is 3.00 bits per heavy atom. The second-order valence-electron chi connectivity index (χ2n) is 4.51. The largest absolute Gasteiger partial charge is 0.377 e. The fraction of sp³-hybridized carbons (Fsp3) is 0.692. The lowest BCUT2D eigenvalue weighted by Crippen LogP contribution is -2.59. The molecule has 100 valence electrons. The Morgan fingerprint density at radius 1 is 1.50 bits per heavy atom. The van der Waals surface area contributed by atoms with Crippen LogP contribution in [0.2, 0.25) is 0 Å². The summed E-state index contributed by atoms with van der Waals surface area (Å²) in [6.45, 7) is 5.39. The van der Waals surface area contributed by atoms with Crippen molar-refractivity contribution < 1.29 is 9.47 Å². The minimum Gasteiger partial charge on any atom is -0.377 e. The molecule has 0 amide bonds. The topological polar surface area (TPSA) is 56.3 Å². The summed E-state index contributed by atoms with van der Waals surface area (Å²) < 4.78 is 11.0. The van der Waals surface area contributed by atoms with Crippen LogP contribution in [0.4, 0.5) is 0 Å². The van der Waals surface area contributed by atoms with E-state index in [2.05, 4.69) is 15.3 Å². The minimum absolute atomic E-state index is 0.146. The summed E-state index contributed by atoms with van der Waals surface area (Å²) in [6.07, 6.45) is 3.16. The van der Waals surface area contributed by atoms with Crippen molar-refractivity contribution in [2.24, 2.45) is 0 Å². The van der Waals surface area contributed by atoms with Crippen molar-refractivity contribution in [3.8, 4) is 0 Å². The quantitative estimate of drug-likeness (QED) is 0.819. The second-order valence-corrected chi connectivity index (χ2v) is 4.51. The number of nitrogens with one attached hydrogen (secondary N) is 1. The van der Waals surface area contributed by atoms with Gasteiger partial charge in [-0.1, -0.05) is 0 Å². The van der Waals surface area contributed by atoms with Crippen molar-refractivity contribution in [3.63, 3.8) is 0 Å². The number of hydrogen-bond donors (Lipinski definition) is 1. The fourth-order valence-electron chi connectivity index (χ4n) is 2.31. The lowest BCUT2D eigenvalue weighted by molar-refractivity contribution is -0.131. The van der Waals surface area contributed by atoms with E-state index in [9.17, 15) is 0 Å². The first kappa shape index (κ1) is 13.4. The first-order chi connectivity index (χ1) is 8.74. The molecule has 0 spiro atoms. The van der Waals surface area contributed by atoms with Gasteiger partial charge in [-0.3, -0.25) is 0 Å². The van der Waals surface area contributed by atoms with Crippen molar-refractivity contribution >= 4 is 0 Å². The van der Waals surface area contributed by atoms with Crippen LogP contribution >= 0.6 is 0 Å². The van der Waals surface area contributed by atoms with Gasteiger partial charge in [-0.2, -0.15) is 0 Å². The van der Waals surface area contributed by atoms with E-state index >= 15 is 0 Å². The maximum absolute atomic E-state index is 5.59. The molecule has 18 heavy (non-hydrogen) atoms. The molecule has 1 fully saturated rings. The molecule has 3 unspecified atom stereocenters.